The van der Waals surface area contributed by atoms with Gasteiger partial charge in [-0.2, -0.15) is 0 Å². The minimum absolute atomic E-state index is 0.312. The lowest BCUT2D eigenvalue weighted by Gasteiger charge is -2.08. The zero-order chi connectivity index (χ0) is 20.2. The van der Waals surface area contributed by atoms with E-state index in [4.69, 9.17) is 10.5 Å². The minimum atomic E-state index is -0.538. The minimum Gasteiger partial charge on any atom is -0.439 e. The molecule has 0 aliphatic heterocycles. The number of para-hydroxylation sites is 1. The van der Waals surface area contributed by atoms with Crippen molar-refractivity contribution in [2.75, 3.05) is 5.32 Å². The fourth-order valence-electron chi connectivity index (χ4n) is 2.74. The van der Waals surface area contributed by atoms with Crippen LogP contribution in [0.4, 0.5) is 5.69 Å². The van der Waals surface area contributed by atoms with Gasteiger partial charge in [0, 0.05) is 17.0 Å². The molecule has 3 N–H and O–H groups in total. The average molecular weight is 384 g/mol. The summed E-state index contributed by atoms with van der Waals surface area (Å²) in [5, 5.41) is 3.72. The van der Waals surface area contributed by atoms with Crippen molar-refractivity contribution < 1.29 is 14.3 Å². The highest BCUT2D eigenvalue weighted by molar-refractivity contribution is 6.04. The third-order valence-corrected chi connectivity index (χ3v) is 4.17. The van der Waals surface area contributed by atoms with Gasteiger partial charge in [0.1, 0.15) is 11.4 Å². The van der Waals surface area contributed by atoms with Gasteiger partial charge in [0.25, 0.3) is 5.91 Å². The fraction of sp³-hybridized carbons (Fsp3) is 0. The van der Waals surface area contributed by atoms with E-state index >= 15 is 0 Å². The molecular weight excluding hydrogens is 368 g/mol. The summed E-state index contributed by atoms with van der Waals surface area (Å²) in [4.78, 5) is 32.3. The lowest BCUT2D eigenvalue weighted by atomic mass is 10.2. The van der Waals surface area contributed by atoms with Crippen LogP contribution in [0.1, 0.15) is 20.8 Å². The molecule has 0 bridgehead atoms. The van der Waals surface area contributed by atoms with Crippen LogP contribution in [0.2, 0.25) is 0 Å². The zero-order valence-electron chi connectivity index (χ0n) is 15.2. The van der Waals surface area contributed by atoms with Crippen LogP contribution in [-0.2, 0) is 0 Å². The second kappa shape index (κ2) is 7.77. The number of ether oxygens (including phenoxy) is 1. The predicted octanol–water partition coefficient (Wildman–Crippen LogP) is 3.77. The molecule has 0 unspecified atom stereocenters. The Labute approximate surface area is 166 Å². The first-order valence-electron chi connectivity index (χ1n) is 8.79. The highest BCUT2D eigenvalue weighted by Gasteiger charge is 2.10. The molecule has 2 aromatic carbocycles. The van der Waals surface area contributed by atoms with Crippen LogP contribution in [0.5, 0.6) is 11.6 Å². The van der Waals surface area contributed by atoms with Crippen LogP contribution in [-0.4, -0.2) is 21.8 Å². The van der Waals surface area contributed by atoms with E-state index in [0.29, 0.717) is 28.6 Å². The molecule has 0 aliphatic carbocycles. The van der Waals surface area contributed by atoms with Crippen molar-refractivity contribution >= 4 is 28.4 Å². The summed E-state index contributed by atoms with van der Waals surface area (Å²) >= 11 is 0. The van der Waals surface area contributed by atoms with Gasteiger partial charge in [-0.05, 0) is 36.4 Å². The Balaban J connectivity index is 1.45. The van der Waals surface area contributed by atoms with Crippen molar-refractivity contribution in [1.29, 1.82) is 0 Å². The maximum absolute atomic E-state index is 12.5. The van der Waals surface area contributed by atoms with E-state index in [-0.39, 0.29) is 5.91 Å². The highest BCUT2D eigenvalue weighted by Crippen LogP contribution is 2.22. The standard InChI is InChI=1S/C22H16N4O3/c23-21(27)15-5-3-6-17(12-15)29-20-11-9-16(13-24-20)25-22(28)19-10-8-14-4-1-2-7-18(14)26-19/h1-13H,(H2,23,27)(H,25,28). The van der Waals surface area contributed by atoms with Gasteiger partial charge in [-0.25, -0.2) is 9.97 Å². The van der Waals surface area contributed by atoms with Gasteiger partial charge >= 0.3 is 0 Å². The molecule has 0 aliphatic rings. The molecule has 0 spiro atoms. The lowest BCUT2D eigenvalue weighted by molar-refractivity contribution is 0.0997. The Hall–Kier alpha value is -4.26. The Kier molecular flexibility index (Phi) is 4.86. The smallest absolute Gasteiger partial charge is 0.274 e. The predicted molar refractivity (Wildman–Crippen MR) is 109 cm³/mol. The number of amides is 2. The molecule has 2 heterocycles. The van der Waals surface area contributed by atoms with E-state index in [0.717, 1.165) is 10.9 Å². The molecular formula is C22H16N4O3. The molecule has 0 fully saturated rings. The number of rotatable bonds is 5. The second-order valence-electron chi connectivity index (χ2n) is 6.22. The van der Waals surface area contributed by atoms with Crippen molar-refractivity contribution in [2.45, 2.75) is 0 Å². The summed E-state index contributed by atoms with van der Waals surface area (Å²) < 4.78 is 5.62. The fourth-order valence-corrected chi connectivity index (χ4v) is 2.74. The number of carbonyl (C=O) groups is 2. The van der Waals surface area contributed by atoms with Gasteiger partial charge in [0.2, 0.25) is 11.8 Å². The lowest BCUT2D eigenvalue weighted by Crippen LogP contribution is -2.13. The van der Waals surface area contributed by atoms with E-state index in [1.165, 1.54) is 12.3 Å². The maximum Gasteiger partial charge on any atom is 0.274 e. The molecule has 2 aromatic heterocycles. The normalized spacial score (nSPS) is 10.5. The summed E-state index contributed by atoms with van der Waals surface area (Å²) in [6, 6.07) is 20.9. The number of nitrogens with zero attached hydrogens (tertiary/aromatic N) is 2. The van der Waals surface area contributed by atoms with Crippen molar-refractivity contribution in [2.24, 2.45) is 5.73 Å². The Morgan fingerprint density at radius 2 is 1.79 bits per heavy atom. The number of aromatic nitrogens is 2. The SMILES string of the molecule is NC(=O)c1cccc(Oc2ccc(NC(=O)c3ccc4ccccc4n3)cn2)c1. The number of pyridine rings is 2. The molecule has 29 heavy (non-hydrogen) atoms. The van der Waals surface area contributed by atoms with Gasteiger partial charge in [0.05, 0.1) is 17.4 Å². The van der Waals surface area contributed by atoms with Crippen LogP contribution >= 0.6 is 0 Å². The van der Waals surface area contributed by atoms with E-state index < -0.39 is 5.91 Å². The van der Waals surface area contributed by atoms with Crippen molar-refractivity contribution in [3.8, 4) is 11.6 Å². The third-order valence-electron chi connectivity index (χ3n) is 4.17. The van der Waals surface area contributed by atoms with Crippen LogP contribution in [0.15, 0.2) is 79.0 Å². The van der Waals surface area contributed by atoms with Gasteiger partial charge in [0.15, 0.2) is 0 Å². The average Bonchev–Trinajstić information content (AvgIpc) is 2.75. The van der Waals surface area contributed by atoms with E-state index in [9.17, 15) is 9.59 Å². The van der Waals surface area contributed by atoms with Crippen molar-refractivity contribution in [1.82, 2.24) is 9.97 Å². The van der Waals surface area contributed by atoms with Crippen LogP contribution in [0.3, 0.4) is 0 Å². The molecule has 142 valence electrons. The number of carbonyl (C=O) groups excluding carboxylic acids is 2. The Morgan fingerprint density at radius 1 is 0.931 bits per heavy atom. The van der Waals surface area contributed by atoms with E-state index in [1.54, 1.807) is 36.4 Å². The first-order valence-corrected chi connectivity index (χ1v) is 8.79. The van der Waals surface area contributed by atoms with Crippen molar-refractivity contribution in [3.05, 3.63) is 90.3 Å². The number of nitrogens with one attached hydrogen (secondary N) is 1. The van der Waals surface area contributed by atoms with E-state index in [2.05, 4.69) is 15.3 Å². The molecule has 7 nitrogen and oxygen atoms in total. The molecule has 4 rings (SSSR count). The summed E-state index contributed by atoms with van der Waals surface area (Å²) in [7, 11) is 0. The quantitative estimate of drug-likeness (QED) is 0.545. The number of benzene rings is 2. The number of hydrogen-bond donors (Lipinski definition) is 2. The zero-order valence-corrected chi connectivity index (χ0v) is 15.2. The topological polar surface area (TPSA) is 107 Å². The molecule has 0 radical (unpaired) electrons. The molecule has 2 amide bonds. The first kappa shape index (κ1) is 18.1. The highest BCUT2D eigenvalue weighted by atomic mass is 16.5. The summed E-state index contributed by atoms with van der Waals surface area (Å²) in [5.74, 6) is -0.122. The first-order chi connectivity index (χ1) is 14.1. The summed E-state index contributed by atoms with van der Waals surface area (Å²) in [6.07, 6.45) is 1.48. The largest absolute Gasteiger partial charge is 0.439 e. The number of nitrogens with two attached hydrogens (primary N) is 1. The molecule has 0 saturated carbocycles. The molecule has 0 atom stereocenters. The van der Waals surface area contributed by atoms with Gasteiger partial charge in [-0.3, -0.25) is 9.59 Å². The van der Waals surface area contributed by atoms with Crippen LogP contribution in [0.25, 0.3) is 10.9 Å². The van der Waals surface area contributed by atoms with Gasteiger partial charge in [-0.1, -0.05) is 30.3 Å². The third kappa shape index (κ3) is 4.19. The van der Waals surface area contributed by atoms with Gasteiger partial charge < -0.3 is 15.8 Å². The second-order valence-corrected chi connectivity index (χ2v) is 6.22. The molecule has 7 heteroatoms. The number of primary amides is 1. The number of anilines is 1. The van der Waals surface area contributed by atoms with E-state index in [1.807, 2.05) is 30.3 Å². The molecule has 0 saturated heterocycles. The van der Waals surface area contributed by atoms with Crippen LogP contribution in [0, 0.1) is 0 Å². The Morgan fingerprint density at radius 3 is 2.59 bits per heavy atom. The number of hydrogen-bond acceptors (Lipinski definition) is 5. The van der Waals surface area contributed by atoms with Crippen LogP contribution < -0.4 is 15.8 Å². The van der Waals surface area contributed by atoms with Gasteiger partial charge in [-0.15, -0.1) is 0 Å². The number of fused-ring (bicyclic) bond motifs is 1. The summed E-state index contributed by atoms with van der Waals surface area (Å²) in [5.41, 5.74) is 7.17. The van der Waals surface area contributed by atoms with Crippen molar-refractivity contribution in [3.63, 3.8) is 0 Å². The molecule has 4 aromatic rings. The monoisotopic (exact) mass is 384 g/mol. The Bertz CT molecular complexity index is 1210. The maximum atomic E-state index is 12.5. The summed E-state index contributed by atoms with van der Waals surface area (Å²) in [6.45, 7) is 0.